The van der Waals surface area contributed by atoms with Crippen LogP contribution in [-0.2, 0) is 4.74 Å². The standard InChI is InChI=1S/C11H8BrFO2S/c1-2-15-11(14)10-5-7-8(12)3-6(13)4-9(7)16-10/h3-5H,2H2,1H3. The van der Waals surface area contributed by atoms with Crippen LogP contribution in [0.2, 0.25) is 0 Å². The molecular formula is C11H8BrFO2S. The Morgan fingerprint density at radius 3 is 2.94 bits per heavy atom. The van der Waals surface area contributed by atoms with E-state index in [1.165, 1.54) is 23.5 Å². The summed E-state index contributed by atoms with van der Waals surface area (Å²) >= 11 is 4.49. The molecule has 0 N–H and O–H groups in total. The molecule has 0 unspecified atom stereocenters. The zero-order valence-corrected chi connectivity index (χ0v) is 10.8. The maximum absolute atomic E-state index is 13.1. The minimum absolute atomic E-state index is 0.323. The maximum atomic E-state index is 13.1. The molecule has 0 atom stereocenters. The summed E-state index contributed by atoms with van der Waals surface area (Å²) in [6.07, 6.45) is 0. The molecule has 0 aliphatic rings. The molecule has 1 heterocycles. The highest BCUT2D eigenvalue weighted by molar-refractivity contribution is 9.10. The van der Waals surface area contributed by atoms with E-state index in [-0.39, 0.29) is 11.8 Å². The van der Waals surface area contributed by atoms with Gasteiger partial charge in [0.05, 0.1) is 6.61 Å². The largest absolute Gasteiger partial charge is 0.462 e. The molecular weight excluding hydrogens is 295 g/mol. The average Bonchev–Trinajstić information content (AvgIpc) is 2.62. The molecule has 1 aromatic carbocycles. The molecule has 2 rings (SSSR count). The Balaban J connectivity index is 2.51. The Labute approximate surface area is 104 Å². The number of hydrogen-bond acceptors (Lipinski definition) is 3. The fourth-order valence-corrected chi connectivity index (χ4v) is 3.05. The molecule has 0 spiro atoms. The van der Waals surface area contributed by atoms with E-state index in [1.807, 2.05) is 0 Å². The lowest BCUT2D eigenvalue weighted by Crippen LogP contribution is -2.01. The monoisotopic (exact) mass is 302 g/mol. The maximum Gasteiger partial charge on any atom is 0.348 e. The highest BCUT2D eigenvalue weighted by Gasteiger charge is 2.13. The molecule has 5 heteroatoms. The molecule has 0 saturated carbocycles. The number of ether oxygens (including phenoxy) is 1. The fourth-order valence-electron chi connectivity index (χ4n) is 1.37. The van der Waals surface area contributed by atoms with Gasteiger partial charge in [-0.05, 0) is 25.1 Å². The molecule has 1 aromatic heterocycles. The number of halogens is 2. The van der Waals surface area contributed by atoms with Gasteiger partial charge in [0.1, 0.15) is 10.7 Å². The van der Waals surface area contributed by atoms with Gasteiger partial charge in [-0.15, -0.1) is 11.3 Å². The molecule has 0 aliphatic heterocycles. The van der Waals surface area contributed by atoms with Crippen LogP contribution in [0.15, 0.2) is 22.7 Å². The van der Waals surface area contributed by atoms with E-state index < -0.39 is 0 Å². The van der Waals surface area contributed by atoms with Gasteiger partial charge in [0.2, 0.25) is 0 Å². The summed E-state index contributed by atoms with van der Waals surface area (Å²) < 4.78 is 19.4. The molecule has 84 valence electrons. The first-order chi connectivity index (χ1) is 7.61. The van der Waals surface area contributed by atoms with Crippen LogP contribution in [0.3, 0.4) is 0 Å². The van der Waals surface area contributed by atoms with Crippen molar-refractivity contribution in [3.63, 3.8) is 0 Å². The summed E-state index contributed by atoms with van der Waals surface area (Å²) in [4.78, 5) is 12.0. The Hall–Kier alpha value is -0.940. The first-order valence-electron chi connectivity index (χ1n) is 4.67. The SMILES string of the molecule is CCOC(=O)c1cc2c(Br)cc(F)cc2s1. The first-order valence-corrected chi connectivity index (χ1v) is 6.28. The minimum atomic E-state index is -0.365. The van der Waals surface area contributed by atoms with Crippen LogP contribution in [0.1, 0.15) is 16.6 Å². The number of benzene rings is 1. The van der Waals surface area contributed by atoms with E-state index in [1.54, 1.807) is 13.0 Å². The van der Waals surface area contributed by atoms with Crippen LogP contribution in [0, 0.1) is 5.82 Å². The van der Waals surface area contributed by atoms with E-state index in [0.717, 1.165) is 10.1 Å². The highest BCUT2D eigenvalue weighted by atomic mass is 79.9. The Kier molecular flexibility index (Phi) is 3.25. The number of thiophene rings is 1. The summed E-state index contributed by atoms with van der Waals surface area (Å²) in [5.74, 6) is -0.687. The Morgan fingerprint density at radius 2 is 2.25 bits per heavy atom. The quantitative estimate of drug-likeness (QED) is 0.784. The molecule has 0 amide bonds. The summed E-state index contributed by atoms with van der Waals surface area (Å²) in [5.41, 5.74) is 0. The number of hydrogen-bond donors (Lipinski definition) is 0. The van der Waals surface area contributed by atoms with Crippen LogP contribution in [0.5, 0.6) is 0 Å². The molecule has 0 fully saturated rings. The van der Waals surface area contributed by atoms with E-state index in [4.69, 9.17) is 4.74 Å². The normalized spacial score (nSPS) is 10.7. The van der Waals surface area contributed by atoms with Crippen LogP contribution < -0.4 is 0 Å². The summed E-state index contributed by atoms with van der Waals surface area (Å²) in [7, 11) is 0. The number of fused-ring (bicyclic) bond motifs is 1. The smallest absolute Gasteiger partial charge is 0.348 e. The topological polar surface area (TPSA) is 26.3 Å². The second-order valence-electron chi connectivity index (χ2n) is 3.13. The van der Waals surface area contributed by atoms with Crippen molar-refractivity contribution in [2.75, 3.05) is 6.61 Å². The van der Waals surface area contributed by atoms with Gasteiger partial charge in [-0.25, -0.2) is 9.18 Å². The summed E-state index contributed by atoms with van der Waals surface area (Å²) in [6, 6.07) is 4.50. The van der Waals surface area contributed by atoms with Gasteiger partial charge in [-0.1, -0.05) is 15.9 Å². The van der Waals surface area contributed by atoms with Crippen molar-refractivity contribution in [1.29, 1.82) is 0 Å². The van der Waals surface area contributed by atoms with E-state index >= 15 is 0 Å². The molecule has 16 heavy (non-hydrogen) atoms. The Bertz CT molecular complexity index is 550. The molecule has 2 nitrogen and oxygen atoms in total. The van der Waals surface area contributed by atoms with Gasteiger partial charge in [0.15, 0.2) is 0 Å². The first kappa shape index (κ1) is 11.5. The van der Waals surface area contributed by atoms with Crippen LogP contribution >= 0.6 is 27.3 Å². The molecule has 0 saturated heterocycles. The number of carbonyl (C=O) groups excluding carboxylic acids is 1. The lowest BCUT2D eigenvalue weighted by Gasteiger charge is -1.95. The van der Waals surface area contributed by atoms with Crippen molar-refractivity contribution in [2.24, 2.45) is 0 Å². The number of esters is 1. The van der Waals surface area contributed by atoms with Gasteiger partial charge in [-0.2, -0.15) is 0 Å². The van der Waals surface area contributed by atoms with E-state index in [2.05, 4.69) is 15.9 Å². The van der Waals surface area contributed by atoms with Gasteiger partial charge < -0.3 is 4.74 Å². The summed E-state index contributed by atoms with van der Waals surface area (Å²) in [6.45, 7) is 2.09. The van der Waals surface area contributed by atoms with Gasteiger partial charge in [0.25, 0.3) is 0 Å². The van der Waals surface area contributed by atoms with E-state index in [9.17, 15) is 9.18 Å². The van der Waals surface area contributed by atoms with Crippen molar-refractivity contribution in [3.8, 4) is 0 Å². The van der Waals surface area contributed by atoms with Crippen molar-refractivity contribution >= 4 is 43.3 Å². The van der Waals surface area contributed by atoms with Gasteiger partial charge in [-0.3, -0.25) is 0 Å². The third kappa shape index (κ3) is 2.10. The summed E-state index contributed by atoms with van der Waals surface area (Å²) in [5, 5.41) is 0.828. The van der Waals surface area contributed by atoms with E-state index in [0.29, 0.717) is 16.0 Å². The zero-order chi connectivity index (χ0) is 11.7. The molecule has 2 aromatic rings. The minimum Gasteiger partial charge on any atom is -0.462 e. The predicted molar refractivity (Wildman–Crippen MR) is 65.4 cm³/mol. The van der Waals surface area contributed by atoms with Crippen LogP contribution in [0.4, 0.5) is 4.39 Å². The third-order valence-electron chi connectivity index (χ3n) is 2.03. The highest BCUT2D eigenvalue weighted by Crippen LogP contribution is 2.32. The number of rotatable bonds is 2. The molecule has 0 radical (unpaired) electrons. The van der Waals surface area contributed by atoms with Gasteiger partial charge in [0, 0.05) is 14.6 Å². The van der Waals surface area contributed by atoms with Crippen molar-refractivity contribution in [2.45, 2.75) is 6.92 Å². The molecule has 0 bridgehead atoms. The van der Waals surface area contributed by atoms with Crippen molar-refractivity contribution < 1.29 is 13.9 Å². The average molecular weight is 303 g/mol. The lowest BCUT2D eigenvalue weighted by molar-refractivity contribution is 0.0532. The van der Waals surface area contributed by atoms with Gasteiger partial charge >= 0.3 is 5.97 Å². The predicted octanol–water partition coefficient (Wildman–Crippen LogP) is 3.98. The number of carbonyl (C=O) groups is 1. The van der Waals surface area contributed by atoms with Crippen LogP contribution in [0.25, 0.3) is 10.1 Å². The van der Waals surface area contributed by atoms with Crippen molar-refractivity contribution in [1.82, 2.24) is 0 Å². The molecule has 0 aliphatic carbocycles. The second kappa shape index (κ2) is 4.51. The lowest BCUT2D eigenvalue weighted by atomic mass is 10.2. The Morgan fingerprint density at radius 1 is 1.50 bits per heavy atom. The second-order valence-corrected chi connectivity index (χ2v) is 5.07. The van der Waals surface area contributed by atoms with Crippen molar-refractivity contribution in [3.05, 3.63) is 33.4 Å². The fraction of sp³-hybridized carbons (Fsp3) is 0.182. The van der Waals surface area contributed by atoms with Crippen LogP contribution in [-0.4, -0.2) is 12.6 Å². The third-order valence-corrected chi connectivity index (χ3v) is 3.75. The zero-order valence-electron chi connectivity index (χ0n) is 8.42.